The van der Waals surface area contributed by atoms with Crippen LogP contribution in [0, 0.1) is 0 Å². The number of hydrogen-bond donors (Lipinski definition) is 2. The zero-order valence-corrected chi connectivity index (χ0v) is 18.5. The molecule has 174 valence electrons. The molecule has 0 aliphatic heterocycles. The van der Waals surface area contributed by atoms with Crippen molar-refractivity contribution in [1.82, 2.24) is 4.57 Å². The highest BCUT2D eigenvalue weighted by Crippen LogP contribution is 2.34. The van der Waals surface area contributed by atoms with E-state index in [1.165, 1.54) is 12.1 Å². The van der Waals surface area contributed by atoms with Gasteiger partial charge in [-0.25, -0.2) is 4.79 Å². The Morgan fingerprint density at radius 3 is 2.32 bits per heavy atom. The highest BCUT2D eigenvalue weighted by molar-refractivity contribution is 6.38. The Morgan fingerprint density at radius 2 is 1.71 bits per heavy atom. The summed E-state index contributed by atoms with van der Waals surface area (Å²) in [6.07, 6.45) is -4.45. The molecule has 0 aliphatic rings. The van der Waals surface area contributed by atoms with Crippen LogP contribution in [0.4, 0.5) is 18.9 Å². The number of nitrogens with one attached hydrogen (secondary N) is 1. The molecule has 3 aromatic carbocycles. The third-order valence-electron chi connectivity index (χ3n) is 5.47. The van der Waals surface area contributed by atoms with E-state index in [0.717, 1.165) is 12.1 Å². The largest absolute Gasteiger partial charge is 0.477 e. The number of benzene rings is 3. The molecule has 9 heteroatoms. The predicted octanol–water partition coefficient (Wildman–Crippen LogP) is 6.95. The number of hydrogen-bond acceptors (Lipinski definition) is 2. The van der Waals surface area contributed by atoms with Crippen molar-refractivity contribution in [3.05, 3.63) is 88.6 Å². The van der Waals surface area contributed by atoms with Crippen molar-refractivity contribution in [3.63, 3.8) is 0 Å². The number of rotatable bonds is 5. The molecule has 4 aromatic rings. The lowest BCUT2D eigenvalue weighted by Crippen LogP contribution is -2.13. The number of carbonyl (C=O) groups is 2. The highest BCUT2D eigenvalue weighted by atomic mass is 35.5. The number of anilines is 1. The number of carbonyl (C=O) groups excluding carboxylic acids is 1. The Morgan fingerprint density at radius 1 is 1.03 bits per heavy atom. The molecule has 1 heterocycles. The molecule has 0 saturated heterocycles. The standard InChI is InChI=1S/C25H18ClF3N2O3/c1-2-31-20-12-11-16(13-19(20)21(26)22(31)24(33)34)30-23(32)18-6-4-3-5-17(18)14-7-9-15(10-8-14)25(27,28)29/h3-13H,2H2,1H3,(H,30,32)(H,33,34). The van der Waals surface area contributed by atoms with Crippen LogP contribution in [0.3, 0.4) is 0 Å². The Labute approximate surface area is 197 Å². The number of alkyl halides is 3. The first-order valence-electron chi connectivity index (χ1n) is 10.2. The molecule has 0 unspecified atom stereocenters. The van der Waals surface area contributed by atoms with E-state index >= 15 is 0 Å². The molecule has 0 aliphatic carbocycles. The van der Waals surface area contributed by atoms with E-state index in [0.29, 0.717) is 34.3 Å². The van der Waals surface area contributed by atoms with Crippen molar-refractivity contribution in [3.8, 4) is 11.1 Å². The van der Waals surface area contributed by atoms with Crippen molar-refractivity contribution in [1.29, 1.82) is 0 Å². The monoisotopic (exact) mass is 486 g/mol. The van der Waals surface area contributed by atoms with Crippen molar-refractivity contribution in [2.24, 2.45) is 0 Å². The van der Waals surface area contributed by atoms with Gasteiger partial charge in [0, 0.05) is 23.2 Å². The molecule has 2 N–H and O–H groups in total. The predicted molar refractivity (Wildman–Crippen MR) is 124 cm³/mol. The van der Waals surface area contributed by atoms with E-state index in [1.807, 2.05) is 0 Å². The van der Waals surface area contributed by atoms with Gasteiger partial charge in [-0.05, 0) is 54.4 Å². The lowest BCUT2D eigenvalue weighted by Gasteiger charge is -2.12. The van der Waals surface area contributed by atoms with E-state index in [9.17, 15) is 27.9 Å². The molecular formula is C25H18ClF3N2O3. The Hall–Kier alpha value is -3.78. The molecule has 0 spiro atoms. The van der Waals surface area contributed by atoms with E-state index in [2.05, 4.69) is 5.32 Å². The smallest absolute Gasteiger partial charge is 0.416 e. The molecule has 0 radical (unpaired) electrons. The highest BCUT2D eigenvalue weighted by Gasteiger charge is 2.30. The van der Waals surface area contributed by atoms with Crippen LogP contribution in [0.15, 0.2) is 66.7 Å². The maximum atomic E-state index is 13.1. The summed E-state index contributed by atoms with van der Waals surface area (Å²) in [5, 5.41) is 12.8. The van der Waals surface area contributed by atoms with Crippen molar-refractivity contribution in [2.45, 2.75) is 19.6 Å². The Balaban J connectivity index is 1.68. The third kappa shape index (κ3) is 4.24. The average Bonchev–Trinajstić information content (AvgIpc) is 3.10. The Kier molecular flexibility index (Phi) is 6.10. The van der Waals surface area contributed by atoms with Crippen LogP contribution in [0.5, 0.6) is 0 Å². The second-order valence-electron chi connectivity index (χ2n) is 7.52. The normalized spacial score (nSPS) is 11.6. The van der Waals surface area contributed by atoms with Crippen LogP contribution < -0.4 is 5.32 Å². The molecular weight excluding hydrogens is 469 g/mol. The third-order valence-corrected chi connectivity index (χ3v) is 5.86. The summed E-state index contributed by atoms with van der Waals surface area (Å²) in [6, 6.07) is 16.1. The summed E-state index contributed by atoms with van der Waals surface area (Å²) >= 11 is 6.32. The second-order valence-corrected chi connectivity index (χ2v) is 7.90. The van der Waals surface area contributed by atoms with E-state index < -0.39 is 23.6 Å². The first-order chi connectivity index (χ1) is 16.1. The van der Waals surface area contributed by atoms with Crippen LogP contribution in [-0.4, -0.2) is 21.6 Å². The number of fused-ring (bicyclic) bond motifs is 1. The van der Waals surface area contributed by atoms with Crippen LogP contribution in [0.1, 0.15) is 33.3 Å². The molecule has 0 fully saturated rings. The number of aromatic carboxylic acids is 1. The van der Waals surface area contributed by atoms with Crippen LogP contribution in [0.25, 0.3) is 22.0 Å². The van der Waals surface area contributed by atoms with Crippen LogP contribution in [0.2, 0.25) is 5.02 Å². The van der Waals surface area contributed by atoms with Gasteiger partial charge in [0.25, 0.3) is 5.91 Å². The maximum Gasteiger partial charge on any atom is 0.416 e. The number of amides is 1. The molecule has 1 amide bonds. The topological polar surface area (TPSA) is 71.3 Å². The van der Waals surface area contributed by atoms with Gasteiger partial charge in [-0.3, -0.25) is 4.79 Å². The maximum absolute atomic E-state index is 13.1. The number of halogens is 4. The van der Waals surface area contributed by atoms with Crippen LogP contribution >= 0.6 is 11.6 Å². The molecule has 4 rings (SSSR count). The summed E-state index contributed by atoms with van der Waals surface area (Å²) < 4.78 is 40.3. The van der Waals surface area contributed by atoms with Crippen molar-refractivity contribution in [2.75, 3.05) is 5.32 Å². The summed E-state index contributed by atoms with van der Waals surface area (Å²) in [5.74, 6) is -1.63. The fraction of sp³-hybridized carbons (Fsp3) is 0.120. The molecule has 1 aromatic heterocycles. The van der Waals surface area contributed by atoms with E-state index in [1.54, 1.807) is 54.0 Å². The SMILES string of the molecule is CCn1c(C(=O)O)c(Cl)c2cc(NC(=O)c3ccccc3-c3ccc(C(F)(F)F)cc3)ccc21. The fourth-order valence-electron chi connectivity index (χ4n) is 3.90. The van der Waals surface area contributed by atoms with E-state index in [-0.39, 0.29) is 16.3 Å². The molecule has 0 atom stereocenters. The lowest BCUT2D eigenvalue weighted by molar-refractivity contribution is -0.137. The zero-order valence-electron chi connectivity index (χ0n) is 17.8. The number of aryl methyl sites for hydroxylation is 1. The first kappa shape index (κ1) is 23.4. The Bertz CT molecular complexity index is 1410. The van der Waals surface area contributed by atoms with Gasteiger partial charge >= 0.3 is 12.1 Å². The lowest BCUT2D eigenvalue weighted by atomic mass is 9.98. The van der Waals surface area contributed by atoms with Gasteiger partial charge in [0.05, 0.1) is 16.1 Å². The van der Waals surface area contributed by atoms with Gasteiger partial charge in [0.1, 0.15) is 5.69 Å². The summed E-state index contributed by atoms with van der Waals surface area (Å²) in [7, 11) is 0. The quantitative estimate of drug-likeness (QED) is 0.320. The number of nitrogens with zero attached hydrogens (tertiary/aromatic N) is 1. The first-order valence-corrected chi connectivity index (χ1v) is 10.6. The average molecular weight is 487 g/mol. The number of carboxylic acids is 1. The fourth-order valence-corrected chi connectivity index (χ4v) is 4.23. The van der Waals surface area contributed by atoms with Crippen LogP contribution in [-0.2, 0) is 12.7 Å². The molecule has 0 bridgehead atoms. The molecule has 5 nitrogen and oxygen atoms in total. The summed E-state index contributed by atoms with van der Waals surface area (Å²) in [6.45, 7) is 2.20. The van der Waals surface area contributed by atoms with Gasteiger partial charge in [-0.2, -0.15) is 13.2 Å². The minimum Gasteiger partial charge on any atom is -0.477 e. The van der Waals surface area contributed by atoms with Crippen molar-refractivity contribution < 1.29 is 27.9 Å². The second kappa shape index (κ2) is 8.87. The van der Waals surface area contributed by atoms with Gasteiger partial charge < -0.3 is 15.0 Å². The zero-order chi connectivity index (χ0) is 24.6. The van der Waals surface area contributed by atoms with Gasteiger partial charge in [-0.15, -0.1) is 0 Å². The van der Waals surface area contributed by atoms with Gasteiger partial charge in [0.15, 0.2) is 0 Å². The van der Waals surface area contributed by atoms with Gasteiger partial charge in [-0.1, -0.05) is 41.9 Å². The summed E-state index contributed by atoms with van der Waals surface area (Å²) in [4.78, 5) is 24.7. The van der Waals surface area contributed by atoms with Crippen molar-refractivity contribution >= 4 is 40.1 Å². The minimum atomic E-state index is -4.45. The molecule has 0 saturated carbocycles. The van der Waals surface area contributed by atoms with Gasteiger partial charge in [0.2, 0.25) is 0 Å². The number of aromatic nitrogens is 1. The molecule has 34 heavy (non-hydrogen) atoms. The number of carboxylic acid groups (broad SMARTS) is 1. The minimum absolute atomic E-state index is 0.0321. The summed E-state index contributed by atoms with van der Waals surface area (Å²) in [5.41, 5.74) is 1.41. The van der Waals surface area contributed by atoms with E-state index in [4.69, 9.17) is 11.6 Å².